The molecule has 0 unspecified atom stereocenters. The third-order valence-corrected chi connectivity index (χ3v) is 5.14. The number of aliphatic hydroxyl groups is 1. The molecule has 0 aromatic carbocycles. The van der Waals surface area contributed by atoms with E-state index in [1.807, 2.05) is 18.2 Å². The topological polar surface area (TPSA) is 53.3 Å². The van der Waals surface area contributed by atoms with Gasteiger partial charge in [-0.25, -0.2) is 0 Å². The number of hydrogen-bond donors (Lipinski definition) is 2. The van der Waals surface area contributed by atoms with Gasteiger partial charge in [-0.2, -0.15) is 0 Å². The zero-order valence-electron chi connectivity index (χ0n) is 14.4. The first-order valence-corrected chi connectivity index (χ1v) is 8.74. The highest BCUT2D eigenvalue weighted by Crippen LogP contribution is 2.40. The molecule has 0 amide bonds. The Hall–Kier alpha value is -1.92. The monoisotopic (exact) mass is 344 g/mol. The minimum Gasteiger partial charge on any atom is -0.395 e. The molecule has 3 heterocycles. The number of aromatic nitrogens is 2. The number of aliphatic hydroxyl groups excluding tert-OH is 1. The van der Waals surface area contributed by atoms with Crippen LogP contribution in [0, 0.1) is 13.8 Å². The van der Waals surface area contributed by atoms with Gasteiger partial charge < -0.3 is 19.9 Å². The largest absolute Gasteiger partial charge is 0.395 e. The van der Waals surface area contributed by atoms with Crippen molar-refractivity contribution in [3.8, 4) is 0 Å². The van der Waals surface area contributed by atoms with E-state index in [1.165, 1.54) is 17.0 Å². The van der Waals surface area contributed by atoms with Crippen molar-refractivity contribution >= 4 is 17.3 Å². The van der Waals surface area contributed by atoms with Crippen molar-refractivity contribution in [3.63, 3.8) is 0 Å². The van der Waals surface area contributed by atoms with Gasteiger partial charge in [-0.15, -0.1) is 0 Å². The van der Waals surface area contributed by atoms with Crippen molar-refractivity contribution < 1.29 is 5.11 Å². The summed E-state index contributed by atoms with van der Waals surface area (Å²) < 4.78 is 2.31. The molecule has 3 rings (SSSR count). The molecule has 128 valence electrons. The predicted octanol–water partition coefficient (Wildman–Crippen LogP) is 2.48. The summed E-state index contributed by atoms with van der Waals surface area (Å²) in [6, 6.07) is 8.19. The third-order valence-electron chi connectivity index (χ3n) is 4.79. The first-order chi connectivity index (χ1) is 11.6. The summed E-state index contributed by atoms with van der Waals surface area (Å²) in [7, 11) is 0. The van der Waals surface area contributed by atoms with E-state index in [0.717, 1.165) is 12.2 Å². The van der Waals surface area contributed by atoms with Gasteiger partial charge in [0.15, 0.2) is 5.11 Å². The number of β-amino-alcohol motifs (C(OH)–C–C–N with tert-alkyl or cyclic N) is 1. The van der Waals surface area contributed by atoms with Crippen LogP contribution in [0.5, 0.6) is 0 Å². The van der Waals surface area contributed by atoms with Crippen molar-refractivity contribution in [1.82, 2.24) is 19.8 Å². The lowest BCUT2D eigenvalue weighted by Crippen LogP contribution is -2.32. The second kappa shape index (κ2) is 6.91. The Morgan fingerprint density at radius 2 is 2.12 bits per heavy atom. The Morgan fingerprint density at radius 1 is 1.33 bits per heavy atom. The Morgan fingerprint density at radius 3 is 2.71 bits per heavy atom. The summed E-state index contributed by atoms with van der Waals surface area (Å²) in [6.07, 6.45) is 1.81. The highest BCUT2D eigenvalue weighted by atomic mass is 32.1. The van der Waals surface area contributed by atoms with E-state index >= 15 is 0 Å². The third kappa shape index (κ3) is 2.80. The van der Waals surface area contributed by atoms with Crippen LogP contribution >= 0.6 is 12.2 Å². The molecule has 0 bridgehead atoms. The fourth-order valence-corrected chi connectivity index (χ4v) is 4.04. The molecule has 0 radical (unpaired) electrons. The number of thiocarbonyl (C=S) groups is 1. The second-order valence-electron chi connectivity index (χ2n) is 6.11. The highest BCUT2D eigenvalue weighted by molar-refractivity contribution is 7.80. The average Bonchev–Trinajstić information content (AvgIpc) is 3.05. The molecule has 2 atom stereocenters. The first kappa shape index (κ1) is 16.9. The molecule has 2 aromatic rings. The van der Waals surface area contributed by atoms with E-state index < -0.39 is 0 Å². The van der Waals surface area contributed by atoms with Crippen LogP contribution in [0.15, 0.2) is 30.5 Å². The van der Waals surface area contributed by atoms with E-state index in [9.17, 15) is 5.11 Å². The molecule has 2 N–H and O–H groups in total. The Bertz CT molecular complexity index is 728. The van der Waals surface area contributed by atoms with Crippen LogP contribution in [0.2, 0.25) is 0 Å². The van der Waals surface area contributed by atoms with Crippen LogP contribution in [0.1, 0.15) is 41.7 Å². The lowest BCUT2D eigenvalue weighted by Gasteiger charge is -2.27. The standard InChI is InChI=1S/C18H24N4OS/c1-4-21-12(2)11-14(13(21)3)17-16(15-7-5-6-8-19-15)20-18(24)22(17)9-10-23/h5-8,11,16-17,23H,4,9-10H2,1-3H3,(H,20,24)/t16-,17-/m1/s1. The molecule has 24 heavy (non-hydrogen) atoms. The van der Waals surface area contributed by atoms with Gasteiger partial charge in [0, 0.05) is 30.7 Å². The van der Waals surface area contributed by atoms with Crippen LogP contribution in [0.4, 0.5) is 0 Å². The van der Waals surface area contributed by atoms with E-state index in [0.29, 0.717) is 11.7 Å². The summed E-state index contributed by atoms with van der Waals surface area (Å²) in [6.45, 7) is 7.96. The number of rotatable bonds is 5. The molecule has 6 heteroatoms. The van der Waals surface area contributed by atoms with E-state index in [2.05, 4.69) is 46.6 Å². The number of nitrogens with one attached hydrogen (secondary N) is 1. The van der Waals surface area contributed by atoms with Gasteiger partial charge in [-0.3, -0.25) is 4.98 Å². The van der Waals surface area contributed by atoms with Crippen molar-refractivity contribution in [1.29, 1.82) is 0 Å². The Labute approximate surface area is 148 Å². The van der Waals surface area contributed by atoms with Crippen LogP contribution in [0.3, 0.4) is 0 Å². The quantitative estimate of drug-likeness (QED) is 0.816. The lowest BCUT2D eigenvalue weighted by atomic mass is 9.97. The molecule has 0 saturated carbocycles. The molecular formula is C18H24N4OS. The summed E-state index contributed by atoms with van der Waals surface area (Å²) in [5.41, 5.74) is 4.69. The molecule has 1 saturated heterocycles. The fraction of sp³-hybridized carbons (Fsp3) is 0.444. The first-order valence-electron chi connectivity index (χ1n) is 8.34. The van der Waals surface area contributed by atoms with Crippen molar-refractivity contribution in [2.24, 2.45) is 0 Å². The Kier molecular flexibility index (Phi) is 4.87. The zero-order valence-corrected chi connectivity index (χ0v) is 15.2. The van der Waals surface area contributed by atoms with Crippen molar-refractivity contribution in [2.45, 2.75) is 39.4 Å². The number of aryl methyl sites for hydroxylation is 1. The normalized spacial score (nSPS) is 20.5. The minimum atomic E-state index is -0.0175. The Balaban J connectivity index is 2.09. The van der Waals surface area contributed by atoms with Crippen LogP contribution in [-0.2, 0) is 6.54 Å². The van der Waals surface area contributed by atoms with Crippen LogP contribution in [-0.4, -0.2) is 37.8 Å². The molecule has 1 aliphatic heterocycles. The predicted molar refractivity (Wildman–Crippen MR) is 98.8 cm³/mol. The van der Waals surface area contributed by atoms with Gasteiger partial charge >= 0.3 is 0 Å². The van der Waals surface area contributed by atoms with Gasteiger partial charge in [0.25, 0.3) is 0 Å². The van der Waals surface area contributed by atoms with Gasteiger partial charge in [0.2, 0.25) is 0 Å². The summed E-state index contributed by atoms with van der Waals surface area (Å²) in [4.78, 5) is 6.61. The fourth-order valence-electron chi connectivity index (χ4n) is 3.71. The number of hydrogen-bond acceptors (Lipinski definition) is 3. The molecule has 0 spiro atoms. The molecule has 5 nitrogen and oxygen atoms in total. The molecular weight excluding hydrogens is 320 g/mol. The summed E-state index contributed by atoms with van der Waals surface area (Å²) >= 11 is 5.54. The number of nitrogens with zero attached hydrogens (tertiary/aromatic N) is 3. The maximum absolute atomic E-state index is 9.49. The molecule has 1 aliphatic rings. The van der Waals surface area contributed by atoms with E-state index in [1.54, 1.807) is 6.20 Å². The smallest absolute Gasteiger partial charge is 0.170 e. The molecule has 1 fully saturated rings. The average molecular weight is 344 g/mol. The molecule has 2 aromatic heterocycles. The van der Waals surface area contributed by atoms with Crippen LogP contribution in [0.25, 0.3) is 0 Å². The summed E-state index contributed by atoms with van der Waals surface area (Å²) in [5, 5.41) is 13.6. The highest BCUT2D eigenvalue weighted by Gasteiger charge is 2.40. The lowest BCUT2D eigenvalue weighted by molar-refractivity contribution is 0.222. The van der Waals surface area contributed by atoms with Gasteiger partial charge in [-0.1, -0.05) is 6.07 Å². The maximum Gasteiger partial charge on any atom is 0.170 e. The SMILES string of the molecule is CCn1c(C)cc([C@@H]2[C@@H](c3ccccn3)NC(=S)N2CCO)c1C. The van der Waals surface area contributed by atoms with E-state index in [4.69, 9.17) is 12.2 Å². The zero-order chi connectivity index (χ0) is 17.3. The van der Waals surface area contributed by atoms with Crippen molar-refractivity contribution in [2.75, 3.05) is 13.2 Å². The number of pyridine rings is 1. The van der Waals surface area contributed by atoms with Gasteiger partial charge in [0.05, 0.1) is 24.4 Å². The van der Waals surface area contributed by atoms with Crippen molar-refractivity contribution in [3.05, 3.63) is 53.1 Å². The van der Waals surface area contributed by atoms with Crippen LogP contribution < -0.4 is 5.32 Å². The van der Waals surface area contributed by atoms with Gasteiger partial charge in [-0.05, 0) is 56.8 Å². The van der Waals surface area contributed by atoms with Gasteiger partial charge in [0.1, 0.15) is 0 Å². The van der Waals surface area contributed by atoms with E-state index in [-0.39, 0.29) is 18.7 Å². The molecule has 0 aliphatic carbocycles. The maximum atomic E-state index is 9.49. The second-order valence-corrected chi connectivity index (χ2v) is 6.50. The summed E-state index contributed by atoms with van der Waals surface area (Å²) in [5.74, 6) is 0. The minimum absolute atomic E-state index is 0.0175.